The number of hydrogen-bond acceptors (Lipinski definition) is 6. The summed E-state index contributed by atoms with van der Waals surface area (Å²) in [7, 11) is 0. The van der Waals surface area contributed by atoms with Crippen molar-refractivity contribution in [2.75, 3.05) is 31.7 Å². The number of amides is 1. The van der Waals surface area contributed by atoms with Gasteiger partial charge < -0.3 is 24.3 Å². The fraction of sp³-hybridized carbons (Fsp3) is 0.407. The Balaban J connectivity index is 1.95. The third kappa shape index (κ3) is 9.67. The first-order chi connectivity index (χ1) is 16.4. The van der Waals surface area contributed by atoms with Gasteiger partial charge in [0.1, 0.15) is 6.61 Å². The molecule has 0 aliphatic heterocycles. The maximum Gasteiger partial charge on any atom is 0.330 e. The molecule has 0 radical (unpaired) electrons. The molecule has 7 nitrogen and oxygen atoms in total. The standard InChI is InChI=1S/C27H35NO6/c1-5-7-15-32-26-19-23(20(3)31-17-18-34-27(30)6-2)10-13-25(26)33-16-14-22-8-11-24(12-9-22)28-21(4)29/h6,8-13,19-20H,2,5,7,14-18H2,1,3-4H3,(H,28,29). The fourth-order valence-corrected chi connectivity index (χ4v) is 3.10. The van der Waals surface area contributed by atoms with Crippen molar-refractivity contribution in [3.05, 3.63) is 66.2 Å². The SMILES string of the molecule is C=CC(=O)OCCOC(C)c1ccc(OCCc2ccc(NC(C)=O)cc2)c(OCCCC)c1. The molecule has 0 heterocycles. The third-order valence-corrected chi connectivity index (χ3v) is 4.98. The Hall–Kier alpha value is -3.32. The first kappa shape index (κ1) is 26.9. The Bertz CT molecular complexity index is 925. The van der Waals surface area contributed by atoms with Crippen LogP contribution in [0, 0.1) is 0 Å². The van der Waals surface area contributed by atoms with Crippen molar-refractivity contribution in [3.63, 3.8) is 0 Å². The highest BCUT2D eigenvalue weighted by molar-refractivity contribution is 5.88. The normalized spacial score (nSPS) is 11.4. The second-order valence-corrected chi connectivity index (χ2v) is 7.77. The minimum absolute atomic E-state index is 0.0917. The quantitative estimate of drug-likeness (QED) is 0.218. The highest BCUT2D eigenvalue weighted by atomic mass is 16.6. The number of rotatable bonds is 15. The molecule has 0 fully saturated rings. The lowest BCUT2D eigenvalue weighted by molar-refractivity contribution is -0.139. The van der Waals surface area contributed by atoms with E-state index in [0.29, 0.717) is 24.7 Å². The largest absolute Gasteiger partial charge is 0.490 e. The third-order valence-electron chi connectivity index (χ3n) is 4.98. The summed E-state index contributed by atoms with van der Waals surface area (Å²) in [5.41, 5.74) is 2.83. The molecule has 184 valence electrons. The number of ether oxygens (including phenoxy) is 4. The molecular formula is C27H35NO6. The van der Waals surface area contributed by atoms with Crippen LogP contribution in [0.15, 0.2) is 55.1 Å². The zero-order chi connectivity index (χ0) is 24.8. The van der Waals surface area contributed by atoms with Crippen molar-refractivity contribution in [3.8, 4) is 11.5 Å². The summed E-state index contributed by atoms with van der Waals surface area (Å²) >= 11 is 0. The molecule has 1 atom stereocenters. The van der Waals surface area contributed by atoms with Gasteiger partial charge in [-0.15, -0.1) is 0 Å². The van der Waals surface area contributed by atoms with Gasteiger partial charge in [-0.3, -0.25) is 4.79 Å². The lowest BCUT2D eigenvalue weighted by Crippen LogP contribution is -2.11. The van der Waals surface area contributed by atoms with Crippen LogP contribution in [0.2, 0.25) is 0 Å². The van der Waals surface area contributed by atoms with Crippen LogP contribution >= 0.6 is 0 Å². The molecule has 0 bridgehead atoms. The smallest absolute Gasteiger partial charge is 0.330 e. The van der Waals surface area contributed by atoms with E-state index in [2.05, 4.69) is 18.8 Å². The molecule has 0 aliphatic rings. The van der Waals surface area contributed by atoms with Crippen LogP contribution < -0.4 is 14.8 Å². The van der Waals surface area contributed by atoms with E-state index in [1.807, 2.05) is 49.4 Å². The van der Waals surface area contributed by atoms with E-state index in [-0.39, 0.29) is 25.2 Å². The summed E-state index contributed by atoms with van der Waals surface area (Å²) in [6, 6.07) is 13.5. The number of nitrogens with one attached hydrogen (secondary N) is 1. The van der Waals surface area contributed by atoms with Crippen LogP contribution in [0.5, 0.6) is 11.5 Å². The topological polar surface area (TPSA) is 83.1 Å². The van der Waals surface area contributed by atoms with Crippen LogP contribution in [-0.4, -0.2) is 38.3 Å². The van der Waals surface area contributed by atoms with E-state index in [1.165, 1.54) is 6.92 Å². The molecule has 7 heteroatoms. The molecule has 34 heavy (non-hydrogen) atoms. The van der Waals surface area contributed by atoms with Crippen molar-refractivity contribution >= 4 is 17.6 Å². The summed E-state index contributed by atoms with van der Waals surface area (Å²) in [4.78, 5) is 22.3. The van der Waals surface area contributed by atoms with Gasteiger partial charge in [0.05, 0.1) is 25.9 Å². The number of carbonyl (C=O) groups excluding carboxylic acids is 2. The fourth-order valence-electron chi connectivity index (χ4n) is 3.10. The molecule has 2 aromatic carbocycles. The lowest BCUT2D eigenvalue weighted by atomic mass is 10.1. The summed E-state index contributed by atoms with van der Waals surface area (Å²) in [6.45, 7) is 10.5. The Kier molecular flexibility index (Phi) is 11.7. The number of esters is 1. The van der Waals surface area contributed by atoms with Gasteiger partial charge in [-0.25, -0.2) is 4.79 Å². The number of hydrogen-bond donors (Lipinski definition) is 1. The molecule has 2 rings (SSSR count). The summed E-state index contributed by atoms with van der Waals surface area (Å²) in [5, 5.41) is 2.76. The first-order valence-corrected chi connectivity index (χ1v) is 11.6. The molecule has 0 aromatic heterocycles. The average molecular weight is 470 g/mol. The van der Waals surface area contributed by atoms with E-state index in [9.17, 15) is 9.59 Å². The number of benzene rings is 2. The monoisotopic (exact) mass is 469 g/mol. The van der Waals surface area contributed by atoms with Gasteiger partial charge in [0.25, 0.3) is 0 Å². The predicted molar refractivity (Wildman–Crippen MR) is 132 cm³/mol. The molecule has 0 saturated carbocycles. The second-order valence-electron chi connectivity index (χ2n) is 7.77. The molecule has 0 aliphatic carbocycles. The van der Waals surface area contributed by atoms with Gasteiger partial charge in [0.2, 0.25) is 5.91 Å². The van der Waals surface area contributed by atoms with E-state index in [0.717, 1.165) is 42.2 Å². The van der Waals surface area contributed by atoms with E-state index < -0.39 is 5.97 Å². The van der Waals surface area contributed by atoms with Gasteiger partial charge >= 0.3 is 5.97 Å². The van der Waals surface area contributed by atoms with Gasteiger partial charge in [-0.1, -0.05) is 38.1 Å². The zero-order valence-electron chi connectivity index (χ0n) is 20.3. The van der Waals surface area contributed by atoms with E-state index in [1.54, 1.807) is 0 Å². The number of unbranched alkanes of at least 4 members (excludes halogenated alkanes) is 1. The highest BCUT2D eigenvalue weighted by Crippen LogP contribution is 2.32. The van der Waals surface area contributed by atoms with Gasteiger partial charge in [0, 0.05) is 25.1 Å². The first-order valence-electron chi connectivity index (χ1n) is 11.6. The van der Waals surface area contributed by atoms with E-state index >= 15 is 0 Å². The number of anilines is 1. The summed E-state index contributed by atoms with van der Waals surface area (Å²) < 4.78 is 22.8. The maximum absolute atomic E-state index is 11.1. The molecule has 0 spiro atoms. The van der Waals surface area contributed by atoms with Crippen LogP contribution in [-0.2, 0) is 25.5 Å². The predicted octanol–water partition coefficient (Wildman–Crippen LogP) is 5.25. The van der Waals surface area contributed by atoms with E-state index in [4.69, 9.17) is 18.9 Å². The molecule has 1 N–H and O–H groups in total. The Morgan fingerprint density at radius 2 is 1.74 bits per heavy atom. The molecule has 2 aromatic rings. The second kappa shape index (κ2) is 14.8. The maximum atomic E-state index is 11.1. The van der Waals surface area contributed by atoms with Crippen LogP contribution in [0.4, 0.5) is 5.69 Å². The molecular weight excluding hydrogens is 434 g/mol. The van der Waals surface area contributed by atoms with Crippen molar-refractivity contribution in [2.24, 2.45) is 0 Å². The average Bonchev–Trinajstić information content (AvgIpc) is 2.83. The highest BCUT2D eigenvalue weighted by Gasteiger charge is 2.12. The van der Waals surface area contributed by atoms with Gasteiger partial charge in [-0.05, 0) is 48.7 Å². The van der Waals surface area contributed by atoms with Crippen LogP contribution in [0.3, 0.4) is 0 Å². The van der Waals surface area contributed by atoms with Gasteiger partial charge in [-0.2, -0.15) is 0 Å². The van der Waals surface area contributed by atoms with Crippen molar-refractivity contribution in [1.82, 2.24) is 0 Å². The van der Waals surface area contributed by atoms with Crippen molar-refractivity contribution < 1.29 is 28.5 Å². The summed E-state index contributed by atoms with van der Waals surface area (Å²) in [5.74, 6) is 0.807. The zero-order valence-corrected chi connectivity index (χ0v) is 20.3. The van der Waals surface area contributed by atoms with Crippen LogP contribution in [0.1, 0.15) is 50.8 Å². The molecule has 1 amide bonds. The van der Waals surface area contributed by atoms with Crippen molar-refractivity contribution in [1.29, 1.82) is 0 Å². The van der Waals surface area contributed by atoms with Crippen molar-refractivity contribution in [2.45, 2.75) is 46.1 Å². The minimum atomic E-state index is -0.465. The Labute approximate surface area is 202 Å². The molecule has 0 saturated heterocycles. The summed E-state index contributed by atoms with van der Waals surface area (Å²) in [6.07, 6.45) is 3.63. The minimum Gasteiger partial charge on any atom is -0.490 e. The lowest BCUT2D eigenvalue weighted by Gasteiger charge is -2.18. The Morgan fingerprint density at radius 3 is 2.41 bits per heavy atom. The molecule has 1 unspecified atom stereocenters. The number of carbonyl (C=O) groups is 2. The van der Waals surface area contributed by atoms with Gasteiger partial charge in [0.15, 0.2) is 11.5 Å². The Morgan fingerprint density at radius 1 is 1.00 bits per heavy atom. The van der Waals surface area contributed by atoms with Crippen LogP contribution in [0.25, 0.3) is 0 Å².